The Bertz CT molecular complexity index is 766. The van der Waals surface area contributed by atoms with Crippen LogP contribution in [0.15, 0.2) is 29.3 Å². The summed E-state index contributed by atoms with van der Waals surface area (Å²) in [6, 6.07) is 8.33. The predicted octanol–water partition coefficient (Wildman–Crippen LogP) is 4.56. The van der Waals surface area contributed by atoms with Crippen molar-refractivity contribution in [2.45, 2.75) is 51.5 Å². The van der Waals surface area contributed by atoms with E-state index in [1.165, 1.54) is 41.3 Å². The molecule has 0 bridgehead atoms. The lowest BCUT2D eigenvalue weighted by Crippen LogP contribution is -2.33. The van der Waals surface area contributed by atoms with Gasteiger partial charge in [-0.3, -0.25) is 4.79 Å². The number of nitrogens with zero attached hydrogens (tertiary/aromatic N) is 3. The predicted molar refractivity (Wildman–Crippen MR) is 107 cm³/mol. The standard InChI is InChI=1S/C21H27N3OS/c1-15-12-17(3)18(13-16(15)2)19-8-9-20(23-22-19)26-14-21(25)24-10-6-4-5-7-11-24/h8-9,12-13H,4-7,10-11,14H2,1-3H3. The number of amides is 1. The summed E-state index contributed by atoms with van der Waals surface area (Å²) in [5, 5.41) is 9.52. The molecule has 1 aromatic carbocycles. The number of hydrogen-bond acceptors (Lipinski definition) is 4. The summed E-state index contributed by atoms with van der Waals surface area (Å²) in [6.45, 7) is 8.14. The second-order valence-corrected chi connectivity index (χ2v) is 8.09. The Morgan fingerprint density at radius 1 is 0.962 bits per heavy atom. The van der Waals surface area contributed by atoms with Crippen LogP contribution in [0, 0.1) is 20.8 Å². The highest BCUT2D eigenvalue weighted by molar-refractivity contribution is 7.99. The molecule has 1 saturated heterocycles. The summed E-state index contributed by atoms with van der Waals surface area (Å²) in [6.07, 6.45) is 4.73. The van der Waals surface area contributed by atoms with Gasteiger partial charge in [0.2, 0.25) is 5.91 Å². The first kappa shape index (κ1) is 18.9. The number of aromatic nitrogens is 2. The molecule has 138 valence electrons. The number of carbonyl (C=O) groups is 1. The monoisotopic (exact) mass is 369 g/mol. The average molecular weight is 370 g/mol. The maximum Gasteiger partial charge on any atom is 0.232 e. The fourth-order valence-electron chi connectivity index (χ4n) is 3.32. The quantitative estimate of drug-likeness (QED) is 0.741. The molecule has 1 aliphatic heterocycles. The minimum Gasteiger partial charge on any atom is -0.342 e. The van der Waals surface area contributed by atoms with Crippen molar-refractivity contribution in [3.05, 3.63) is 41.0 Å². The van der Waals surface area contributed by atoms with Gasteiger partial charge in [-0.1, -0.05) is 30.7 Å². The first-order valence-corrected chi connectivity index (χ1v) is 10.4. The van der Waals surface area contributed by atoms with Gasteiger partial charge in [-0.25, -0.2) is 0 Å². The van der Waals surface area contributed by atoms with Gasteiger partial charge in [-0.05, 0) is 68.5 Å². The molecule has 1 amide bonds. The van der Waals surface area contributed by atoms with Gasteiger partial charge in [0.05, 0.1) is 11.4 Å². The highest BCUT2D eigenvalue weighted by atomic mass is 32.2. The molecule has 2 aromatic rings. The van der Waals surface area contributed by atoms with Crippen molar-refractivity contribution in [1.29, 1.82) is 0 Å². The molecule has 1 aliphatic rings. The first-order chi connectivity index (χ1) is 12.5. The minimum absolute atomic E-state index is 0.216. The Kier molecular flexibility index (Phi) is 6.30. The number of aryl methyl sites for hydroxylation is 3. The van der Waals surface area contributed by atoms with Gasteiger partial charge in [0.15, 0.2) is 0 Å². The van der Waals surface area contributed by atoms with E-state index in [1.54, 1.807) is 0 Å². The second kappa shape index (κ2) is 8.67. The summed E-state index contributed by atoms with van der Waals surface area (Å²) in [7, 11) is 0. The fourth-order valence-corrected chi connectivity index (χ4v) is 4.04. The van der Waals surface area contributed by atoms with Crippen LogP contribution in [-0.2, 0) is 4.79 Å². The van der Waals surface area contributed by atoms with Gasteiger partial charge in [0.25, 0.3) is 0 Å². The van der Waals surface area contributed by atoms with Crippen LogP contribution in [0.2, 0.25) is 0 Å². The van der Waals surface area contributed by atoms with Crippen LogP contribution in [0.25, 0.3) is 11.3 Å². The molecule has 0 atom stereocenters. The van der Waals surface area contributed by atoms with Crippen molar-refractivity contribution in [3.8, 4) is 11.3 Å². The van der Waals surface area contributed by atoms with E-state index in [9.17, 15) is 4.79 Å². The van der Waals surface area contributed by atoms with Crippen LogP contribution in [0.3, 0.4) is 0 Å². The molecule has 0 spiro atoms. The largest absolute Gasteiger partial charge is 0.342 e. The van der Waals surface area contributed by atoms with Crippen molar-refractivity contribution in [1.82, 2.24) is 15.1 Å². The third-order valence-electron chi connectivity index (χ3n) is 5.06. The Balaban J connectivity index is 1.63. The van der Waals surface area contributed by atoms with E-state index in [-0.39, 0.29) is 5.91 Å². The molecule has 0 unspecified atom stereocenters. The smallest absolute Gasteiger partial charge is 0.232 e. The minimum atomic E-state index is 0.216. The van der Waals surface area contributed by atoms with E-state index >= 15 is 0 Å². The average Bonchev–Trinajstić information content (AvgIpc) is 2.93. The zero-order chi connectivity index (χ0) is 18.5. The maximum atomic E-state index is 12.4. The molecule has 1 fully saturated rings. The van der Waals surface area contributed by atoms with E-state index in [0.29, 0.717) is 5.75 Å². The SMILES string of the molecule is Cc1cc(C)c(-c2ccc(SCC(=O)N3CCCCCC3)nn2)cc1C. The third kappa shape index (κ3) is 4.64. The topological polar surface area (TPSA) is 46.1 Å². The van der Waals surface area contributed by atoms with Crippen molar-refractivity contribution >= 4 is 17.7 Å². The molecule has 0 aliphatic carbocycles. The zero-order valence-electron chi connectivity index (χ0n) is 15.9. The lowest BCUT2D eigenvalue weighted by atomic mass is 9.99. The van der Waals surface area contributed by atoms with E-state index in [2.05, 4.69) is 43.1 Å². The van der Waals surface area contributed by atoms with Gasteiger partial charge in [0.1, 0.15) is 5.03 Å². The number of benzene rings is 1. The molecule has 0 saturated carbocycles. The van der Waals surface area contributed by atoms with E-state index in [4.69, 9.17) is 0 Å². The van der Waals surface area contributed by atoms with Crippen LogP contribution in [-0.4, -0.2) is 39.8 Å². The normalized spacial score (nSPS) is 15.0. The molecular weight excluding hydrogens is 342 g/mol. The third-order valence-corrected chi connectivity index (χ3v) is 5.96. The Labute approximate surface area is 160 Å². The Morgan fingerprint density at radius 2 is 1.65 bits per heavy atom. The van der Waals surface area contributed by atoms with Crippen LogP contribution in [0.5, 0.6) is 0 Å². The van der Waals surface area contributed by atoms with Gasteiger partial charge < -0.3 is 4.90 Å². The summed E-state index contributed by atoms with van der Waals surface area (Å²) >= 11 is 1.48. The molecule has 3 rings (SSSR count). The van der Waals surface area contributed by atoms with Crippen molar-refractivity contribution < 1.29 is 4.79 Å². The highest BCUT2D eigenvalue weighted by Crippen LogP contribution is 2.26. The van der Waals surface area contributed by atoms with E-state index in [0.717, 1.165) is 42.2 Å². The van der Waals surface area contributed by atoms with E-state index < -0.39 is 0 Å². The lowest BCUT2D eigenvalue weighted by molar-refractivity contribution is -0.128. The van der Waals surface area contributed by atoms with Gasteiger partial charge >= 0.3 is 0 Å². The first-order valence-electron chi connectivity index (χ1n) is 9.37. The number of likely N-dealkylation sites (tertiary alicyclic amines) is 1. The second-order valence-electron chi connectivity index (χ2n) is 7.09. The summed E-state index contributed by atoms with van der Waals surface area (Å²) in [4.78, 5) is 14.4. The molecule has 5 heteroatoms. The Hall–Kier alpha value is -1.88. The van der Waals surface area contributed by atoms with Crippen LogP contribution in [0.4, 0.5) is 0 Å². The lowest BCUT2D eigenvalue weighted by Gasteiger charge is -2.19. The summed E-state index contributed by atoms with van der Waals surface area (Å²) in [5.74, 6) is 0.657. The van der Waals surface area contributed by atoms with E-state index in [1.807, 2.05) is 17.0 Å². The molecule has 26 heavy (non-hydrogen) atoms. The van der Waals surface area contributed by atoms with Crippen molar-refractivity contribution in [2.24, 2.45) is 0 Å². The van der Waals surface area contributed by atoms with Gasteiger partial charge in [-0.15, -0.1) is 10.2 Å². The molecule has 4 nitrogen and oxygen atoms in total. The van der Waals surface area contributed by atoms with Gasteiger partial charge in [0, 0.05) is 18.7 Å². The highest BCUT2D eigenvalue weighted by Gasteiger charge is 2.16. The summed E-state index contributed by atoms with van der Waals surface area (Å²) < 4.78 is 0. The molecule has 0 radical (unpaired) electrons. The fraction of sp³-hybridized carbons (Fsp3) is 0.476. The number of carbonyl (C=O) groups excluding carboxylic acids is 1. The summed E-state index contributed by atoms with van der Waals surface area (Å²) in [5.41, 5.74) is 5.76. The van der Waals surface area contributed by atoms with Crippen LogP contribution in [0.1, 0.15) is 42.4 Å². The van der Waals surface area contributed by atoms with Crippen molar-refractivity contribution in [2.75, 3.05) is 18.8 Å². The molecule has 0 N–H and O–H groups in total. The van der Waals surface area contributed by atoms with Gasteiger partial charge in [-0.2, -0.15) is 0 Å². The number of rotatable bonds is 4. The molecule has 2 heterocycles. The van der Waals surface area contributed by atoms with Crippen molar-refractivity contribution in [3.63, 3.8) is 0 Å². The number of thioether (sulfide) groups is 1. The molecule has 1 aromatic heterocycles. The van der Waals surface area contributed by atoms with Crippen LogP contribution < -0.4 is 0 Å². The Morgan fingerprint density at radius 3 is 2.31 bits per heavy atom. The maximum absolute atomic E-state index is 12.4. The van der Waals surface area contributed by atoms with Crippen LogP contribution >= 0.6 is 11.8 Å². The zero-order valence-corrected chi connectivity index (χ0v) is 16.7. The number of hydrogen-bond donors (Lipinski definition) is 0. The molecular formula is C21H27N3OS.